The Balaban J connectivity index is 2.54. The van der Waals surface area contributed by atoms with Gasteiger partial charge in [0.1, 0.15) is 18.2 Å². The van der Waals surface area contributed by atoms with Crippen LogP contribution in [0, 0.1) is 5.82 Å². The number of hydrogen-bond donors (Lipinski definition) is 0. The molecule has 1 rings (SSSR count). The zero-order valence-corrected chi connectivity index (χ0v) is 7.12. The summed E-state index contributed by atoms with van der Waals surface area (Å²) in [7, 11) is 1.39. The van der Waals surface area contributed by atoms with Gasteiger partial charge < -0.3 is 9.47 Å². The van der Waals surface area contributed by atoms with Crippen molar-refractivity contribution in [3.63, 3.8) is 0 Å². The van der Waals surface area contributed by atoms with Crippen LogP contribution in [0.15, 0.2) is 24.3 Å². The zero-order chi connectivity index (χ0) is 9.68. The molecule has 0 bridgehead atoms. The first-order valence-corrected chi connectivity index (χ1v) is 3.67. The molecule has 0 aromatic heterocycles. The lowest BCUT2D eigenvalue weighted by molar-refractivity contribution is -0.138. The predicted octanol–water partition coefficient (Wildman–Crippen LogP) is 1.38. The third kappa shape index (κ3) is 3.21. The van der Waals surface area contributed by atoms with E-state index in [1.807, 2.05) is 0 Å². The molecule has 13 heavy (non-hydrogen) atoms. The molecule has 0 fully saturated rings. The van der Waals surface area contributed by atoms with Gasteiger partial charge >= 0.3 is 5.97 Å². The number of halogens is 1. The van der Waals surface area contributed by atoms with Crippen molar-refractivity contribution in [2.75, 3.05) is 13.7 Å². The van der Waals surface area contributed by atoms with E-state index in [1.165, 1.54) is 31.4 Å². The second kappa shape index (κ2) is 4.57. The smallest absolute Gasteiger partial charge is 0.337 e. The molecule has 0 aliphatic rings. The van der Waals surface area contributed by atoms with Gasteiger partial charge in [-0.05, 0) is 24.3 Å². The van der Waals surface area contributed by atoms with Gasteiger partial charge in [-0.3, -0.25) is 0 Å². The van der Waals surface area contributed by atoms with E-state index in [9.17, 15) is 9.18 Å². The minimum Gasteiger partial charge on any atom is -0.425 e. The van der Waals surface area contributed by atoms with Crippen molar-refractivity contribution < 1.29 is 18.7 Å². The van der Waals surface area contributed by atoms with E-state index in [4.69, 9.17) is 4.74 Å². The summed E-state index contributed by atoms with van der Waals surface area (Å²) in [5.41, 5.74) is 0. The van der Waals surface area contributed by atoms with Crippen molar-refractivity contribution in [2.24, 2.45) is 0 Å². The first kappa shape index (κ1) is 9.67. The minimum absolute atomic E-state index is 0.114. The lowest BCUT2D eigenvalue weighted by Gasteiger charge is -2.02. The van der Waals surface area contributed by atoms with E-state index >= 15 is 0 Å². The van der Waals surface area contributed by atoms with Crippen LogP contribution >= 0.6 is 0 Å². The summed E-state index contributed by atoms with van der Waals surface area (Å²) >= 11 is 0. The maximum atomic E-state index is 12.4. The summed E-state index contributed by atoms with van der Waals surface area (Å²) in [6.07, 6.45) is 0. The molecule has 1 aromatic carbocycles. The molecule has 0 radical (unpaired) electrons. The van der Waals surface area contributed by atoms with Crippen molar-refractivity contribution in [1.82, 2.24) is 0 Å². The summed E-state index contributed by atoms with van der Waals surface area (Å²) in [6.45, 7) is -0.114. The lowest BCUT2D eigenvalue weighted by atomic mass is 10.3. The number of ether oxygens (including phenoxy) is 2. The van der Waals surface area contributed by atoms with Gasteiger partial charge in [0.2, 0.25) is 0 Å². The highest BCUT2D eigenvalue weighted by molar-refractivity contribution is 5.73. The fourth-order valence-electron chi connectivity index (χ4n) is 0.781. The molecule has 0 N–H and O–H groups in total. The monoisotopic (exact) mass is 184 g/mol. The van der Waals surface area contributed by atoms with Gasteiger partial charge in [-0.1, -0.05) is 0 Å². The Morgan fingerprint density at radius 1 is 1.38 bits per heavy atom. The van der Waals surface area contributed by atoms with Crippen LogP contribution < -0.4 is 4.74 Å². The Kier molecular flexibility index (Phi) is 3.40. The fourth-order valence-corrected chi connectivity index (χ4v) is 0.781. The van der Waals surface area contributed by atoms with Crippen LogP contribution in [-0.4, -0.2) is 19.7 Å². The van der Waals surface area contributed by atoms with Crippen LogP contribution in [0.1, 0.15) is 0 Å². The van der Waals surface area contributed by atoms with Crippen molar-refractivity contribution in [3.05, 3.63) is 30.1 Å². The second-order valence-corrected chi connectivity index (χ2v) is 2.36. The highest BCUT2D eigenvalue weighted by Crippen LogP contribution is 2.10. The van der Waals surface area contributed by atoms with Crippen molar-refractivity contribution in [2.45, 2.75) is 0 Å². The predicted molar refractivity (Wildman–Crippen MR) is 43.9 cm³/mol. The molecule has 4 heteroatoms. The van der Waals surface area contributed by atoms with Gasteiger partial charge in [0.05, 0.1) is 0 Å². The van der Waals surface area contributed by atoms with Crippen LogP contribution in [0.5, 0.6) is 5.75 Å². The van der Waals surface area contributed by atoms with Crippen LogP contribution in [0.2, 0.25) is 0 Å². The largest absolute Gasteiger partial charge is 0.425 e. The maximum absolute atomic E-state index is 12.4. The molecule has 0 amide bonds. The quantitative estimate of drug-likeness (QED) is 0.525. The van der Waals surface area contributed by atoms with Gasteiger partial charge in [-0.25, -0.2) is 9.18 Å². The zero-order valence-electron chi connectivity index (χ0n) is 7.12. The number of esters is 1. The molecular formula is C9H9FO3. The van der Waals surface area contributed by atoms with Crippen molar-refractivity contribution in [1.29, 1.82) is 0 Å². The molecule has 0 heterocycles. The molecular weight excluding hydrogens is 175 g/mol. The van der Waals surface area contributed by atoms with E-state index in [2.05, 4.69) is 4.74 Å². The molecule has 0 aliphatic heterocycles. The average molecular weight is 184 g/mol. The number of methoxy groups -OCH3 is 1. The third-order valence-corrected chi connectivity index (χ3v) is 1.31. The maximum Gasteiger partial charge on any atom is 0.337 e. The van der Waals surface area contributed by atoms with E-state index in [0.29, 0.717) is 5.75 Å². The number of hydrogen-bond acceptors (Lipinski definition) is 3. The van der Waals surface area contributed by atoms with E-state index in [-0.39, 0.29) is 12.4 Å². The molecule has 0 atom stereocenters. The van der Waals surface area contributed by atoms with Gasteiger partial charge in [-0.2, -0.15) is 0 Å². The molecule has 0 aliphatic carbocycles. The molecule has 3 nitrogen and oxygen atoms in total. The Bertz CT molecular complexity index is 281. The molecule has 0 saturated heterocycles. The van der Waals surface area contributed by atoms with Gasteiger partial charge in [-0.15, -0.1) is 0 Å². The van der Waals surface area contributed by atoms with Gasteiger partial charge in [0.15, 0.2) is 0 Å². The number of benzene rings is 1. The molecule has 0 spiro atoms. The van der Waals surface area contributed by atoms with Crippen LogP contribution in [0.3, 0.4) is 0 Å². The molecule has 70 valence electrons. The lowest BCUT2D eigenvalue weighted by Crippen LogP contribution is -2.13. The first-order chi connectivity index (χ1) is 6.22. The first-order valence-electron chi connectivity index (χ1n) is 3.67. The molecule has 0 unspecified atom stereocenters. The standard InChI is InChI=1S/C9H9FO3/c1-12-6-9(11)13-8-4-2-7(10)3-5-8/h2-5H,6H2,1H3. The molecule has 0 saturated carbocycles. The Morgan fingerprint density at radius 2 is 2.00 bits per heavy atom. The van der Waals surface area contributed by atoms with E-state index < -0.39 is 5.97 Å². The highest BCUT2D eigenvalue weighted by Gasteiger charge is 2.02. The van der Waals surface area contributed by atoms with Crippen molar-refractivity contribution in [3.8, 4) is 5.75 Å². The average Bonchev–Trinajstić information content (AvgIpc) is 2.09. The number of carbonyl (C=O) groups is 1. The Labute approximate surface area is 75.1 Å². The topological polar surface area (TPSA) is 35.5 Å². The van der Waals surface area contributed by atoms with Crippen LogP contribution in [0.25, 0.3) is 0 Å². The summed E-state index contributed by atoms with van der Waals surface area (Å²) in [6, 6.07) is 5.19. The second-order valence-electron chi connectivity index (χ2n) is 2.36. The van der Waals surface area contributed by atoms with Crippen molar-refractivity contribution >= 4 is 5.97 Å². The van der Waals surface area contributed by atoms with Gasteiger partial charge in [0, 0.05) is 7.11 Å². The fraction of sp³-hybridized carbons (Fsp3) is 0.222. The SMILES string of the molecule is COCC(=O)Oc1ccc(F)cc1. The summed E-state index contributed by atoms with van der Waals surface area (Å²) in [5.74, 6) is -0.566. The summed E-state index contributed by atoms with van der Waals surface area (Å²) in [5, 5.41) is 0. The third-order valence-electron chi connectivity index (χ3n) is 1.31. The van der Waals surface area contributed by atoms with Gasteiger partial charge in [0.25, 0.3) is 0 Å². The summed E-state index contributed by atoms with van der Waals surface area (Å²) < 4.78 is 21.7. The minimum atomic E-state index is -0.505. The van der Waals surface area contributed by atoms with E-state index in [0.717, 1.165) is 0 Å². The van der Waals surface area contributed by atoms with E-state index in [1.54, 1.807) is 0 Å². The summed E-state index contributed by atoms with van der Waals surface area (Å²) in [4.78, 5) is 10.9. The number of rotatable bonds is 3. The number of carbonyl (C=O) groups excluding carboxylic acids is 1. The normalized spacial score (nSPS) is 9.69. The van der Waals surface area contributed by atoms with Crippen LogP contribution in [0.4, 0.5) is 4.39 Å². The van der Waals surface area contributed by atoms with Crippen LogP contribution in [-0.2, 0) is 9.53 Å². The molecule has 1 aromatic rings. The highest BCUT2D eigenvalue weighted by atomic mass is 19.1. The Hall–Kier alpha value is -1.42. The Morgan fingerprint density at radius 3 is 2.54 bits per heavy atom.